The van der Waals surface area contributed by atoms with E-state index < -0.39 is 0 Å². The Morgan fingerprint density at radius 3 is 2.56 bits per heavy atom. The number of carbonyl (C=O) groups excluding carboxylic acids is 1. The molecule has 1 heterocycles. The quantitative estimate of drug-likeness (QED) is 0.545. The number of aryl methyl sites for hydroxylation is 2. The van der Waals surface area contributed by atoms with E-state index in [-0.39, 0.29) is 17.2 Å². The van der Waals surface area contributed by atoms with Gasteiger partial charge in [0, 0.05) is 6.04 Å². The molecule has 0 unspecified atom stereocenters. The fourth-order valence-electron chi connectivity index (χ4n) is 3.19. The standard InChI is InChI=1S/C21H21N3O2S/c1-13-6-5-7-14(2)19(13)24-20(26)16-8-3-4-9-17(16)23-21(24)27-12-18(25)22-15-10-11-15/h3-9,15H,10-12H2,1-2H3,(H,22,25). The van der Waals surface area contributed by atoms with Crippen LogP contribution in [0.25, 0.3) is 16.6 Å². The molecule has 27 heavy (non-hydrogen) atoms. The fourth-order valence-corrected chi connectivity index (χ4v) is 4.00. The maximum Gasteiger partial charge on any atom is 0.266 e. The van der Waals surface area contributed by atoms with Crippen LogP contribution in [0.3, 0.4) is 0 Å². The zero-order valence-corrected chi connectivity index (χ0v) is 16.2. The molecule has 5 nitrogen and oxygen atoms in total. The van der Waals surface area contributed by atoms with Gasteiger partial charge < -0.3 is 5.32 Å². The minimum atomic E-state index is -0.108. The van der Waals surface area contributed by atoms with E-state index in [9.17, 15) is 9.59 Å². The van der Waals surface area contributed by atoms with Crippen LogP contribution in [-0.4, -0.2) is 27.3 Å². The van der Waals surface area contributed by atoms with E-state index in [1.54, 1.807) is 10.6 Å². The monoisotopic (exact) mass is 379 g/mol. The van der Waals surface area contributed by atoms with Crippen molar-refractivity contribution in [1.29, 1.82) is 0 Å². The van der Waals surface area contributed by atoms with Gasteiger partial charge >= 0.3 is 0 Å². The average molecular weight is 379 g/mol. The molecule has 1 saturated carbocycles. The number of hydrogen-bond donors (Lipinski definition) is 1. The molecule has 0 saturated heterocycles. The van der Waals surface area contributed by atoms with Gasteiger partial charge in [-0.3, -0.25) is 14.2 Å². The highest BCUT2D eigenvalue weighted by atomic mass is 32.2. The lowest BCUT2D eigenvalue weighted by Crippen LogP contribution is -2.28. The third-order valence-corrected chi connectivity index (χ3v) is 5.62. The Hall–Kier alpha value is -2.60. The van der Waals surface area contributed by atoms with Crippen molar-refractivity contribution in [3.63, 3.8) is 0 Å². The molecule has 3 aromatic rings. The first-order chi connectivity index (χ1) is 13.0. The molecule has 6 heteroatoms. The summed E-state index contributed by atoms with van der Waals surface area (Å²) in [4.78, 5) is 30.2. The number of nitrogens with one attached hydrogen (secondary N) is 1. The summed E-state index contributed by atoms with van der Waals surface area (Å²) in [5, 5.41) is 4.10. The van der Waals surface area contributed by atoms with Crippen molar-refractivity contribution < 1.29 is 4.79 Å². The molecule has 0 atom stereocenters. The van der Waals surface area contributed by atoms with Crippen molar-refractivity contribution in [3.05, 3.63) is 63.9 Å². The zero-order chi connectivity index (χ0) is 19.0. The van der Waals surface area contributed by atoms with Gasteiger partial charge in [0.05, 0.1) is 22.3 Å². The van der Waals surface area contributed by atoms with Gasteiger partial charge in [0.2, 0.25) is 5.91 Å². The molecule has 1 N–H and O–H groups in total. The van der Waals surface area contributed by atoms with Gasteiger partial charge in [-0.1, -0.05) is 42.1 Å². The van der Waals surface area contributed by atoms with Crippen molar-refractivity contribution >= 4 is 28.6 Å². The van der Waals surface area contributed by atoms with Gasteiger partial charge in [-0.15, -0.1) is 0 Å². The summed E-state index contributed by atoms with van der Waals surface area (Å²) in [5.41, 5.74) is 3.38. The summed E-state index contributed by atoms with van der Waals surface area (Å²) in [6, 6.07) is 13.6. The average Bonchev–Trinajstić information content (AvgIpc) is 3.46. The Bertz CT molecular complexity index is 1070. The molecule has 0 spiro atoms. The van der Waals surface area contributed by atoms with Gasteiger partial charge in [0.15, 0.2) is 5.16 Å². The second-order valence-electron chi connectivity index (χ2n) is 6.92. The number of aromatic nitrogens is 2. The van der Waals surface area contributed by atoms with E-state index >= 15 is 0 Å². The molecular weight excluding hydrogens is 358 g/mol. The van der Waals surface area contributed by atoms with Crippen LogP contribution in [0.2, 0.25) is 0 Å². The number of fused-ring (bicyclic) bond motifs is 1. The Morgan fingerprint density at radius 1 is 1.15 bits per heavy atom. The highest BCUT2D eigenvalue weighted by molar-refractivity contribution is 7.99. The Balaban J connectivity index is 1.83. The van der Waals surface area contributed by atoms with Crippen molar-refractivity contribution in [2.45, 2.75) is 37.9 Å². The summed E-state index contributed by atoms with van der Waals surface area (Å²) in [6.07, 6.45) is 2.11. The van der Waals surface area contributed by atoms with E-state index in [0.29, 0.717) is 22.1 Å². The smallest absolute Gasteiger partial charge is 0.266 e. The molecule has 0 bridgehead atoms. The number of rotatable bonds is 5. The second kappa shape index (κ2) is 7.19. The van der Waals surface area contributed by atoms with Crippen LogP contribution in [0.15, 0.2) is 52.4 Å². The van der Waals surface area contributed by atoms with Gasteiger partial charge in [0.1, 0.15) is 0 Å². The van der Waals surface area contributed by atoms with Crippen LogP contribution in [0.1, 0.15) is 24.0 Å². The summed E-state index contributed by atoms with van der Waals surface area (Å²) >= 11 is 1.31. The molecule has 1 aliphatic carbocycles. The molecule has 4 rings (SSSR count). The first kappa shape index (κ1) is 17.8. The lowest BCUT2D eigenvalue weighted by molar-refractivity contribution is -0.118. The minimum Gasteiger partial charge on any atom is -0.353 e. The Labute approximate surface area is 161 Å². The van der Waals surface area contributed by atoms with Crippen LogP contribution >= 0.6 is 11.8 Å². The number of carbonyl (C=O) groups is 1. The van der Waals surface area contributed by atoms with Crippen molar-refractivity contribution in [2.75, 3.05) is 5.75 Å². The highest BCUT2D eigenvalue weighted by Crippen LogP contribution is 2.26. The van der Waals surface area contributed by atoms with Crippen LogP contribution < -0.4 is 10.9 Å². The third-order valence-electron chi connectivity index (χ3n) is 4.68. The molecule has 0 aliphatic heterocycles. The lowest BCUT2D eigenvalue weighted by Gasteiger charge is -2.17. The molecular formula is C21H21N3O2S. The maximum atomic E-state index is 13.3. The number of nitrogens with zero attached hydrogens (tertiary/aromatic N) is 2. The Kier molecular flexibility index (Phi) is 4.74. The lowest BCUT2D eigenvalue weighted by atomic mass is 10.1. The van der Waals surface area contributed by atoms with Crippen molar-refractivity contribution in [1.82, 2.24) is 14.9 Å². The Morgan fingerprint density at radius 2 is 1.85 bits per heavy atom. The van der Waals surface area contributed by atoms with E-state index in [1.165, 1.54) is 11.8 Å². The van der Waals surface area contributed by atoms with E-state index in [2.05, 4.69) is 5.32 Å². The minimum absolute atomic E-state index is 0.0158. The molecule has 2 aromatic carbocycles. The van der Waals surface area contributed by atoms with Crippen molar-refractivity contribution in [2.24, 2.45) is 0 Å². The van der Waals surface area contributed by atoms with Crippen molar-refractivity contribution in [3.8, 4) is 5.69 Å². The number of para-hydroxylation sites is 2. The third kappa shape index (κ3) is 3.62. The van der Waals surface area contributed by atoms with Gasteiger partial charge in [-0.2, -0.15) is 0 Å². The predicted octanol–water partition coefficient (Wildman–Crippen LogP) is 3.37. The SMILES string of the molecule is Cc1cccc(C)c1-n1c(SCC(=O)NC2CC2)nc2ccccc2c1=O. The van der Waals surface area contributed by atoms with Gasteiger partial charge in [-0.05, 0) is 49.9 Å². The molecule has 1 aliphatic rings. The summed E-state index contributed by atoms with van der Waals surface area (Å²) in [5.74, 6) is 0.226. The predicted molar refractivity (Wildman–Crippen MR) is 109 cm³/mol. The van der Waals surface area contributed by atoms with Crippen LogP contribution in [0.4, 0.5) is 0 Å². The largest absolute Gasteiger partial charge is 0.353 e. The van der Waals surface area contributed by atoms with E-state index in [1.807, 2.05) is 50.2 Å². The van der Waals surface area contributed by atoms with Crippen LogP contribution in [0.5, 0.6) is 0 Å². The van der Waals surface area contributed by atoms with E-state index in [0.717, 1.165) is 29.7 Å². The second-order valence-corrected chi connectivity index (χ2v) is 7.87. The molecule has 1 amide bonds. The number of amides is 1. The van der Waals surface area contributed by atoms with Gasteiger partial charge in [0.25, 0.3) is 5.56 Å². The summed E-state index contributed by atoms with van der Waals surface area (Å²) < 4.78 is 1.65. The molecule has 138 valence electrons. The normalized spacial score (nSPS) is 13.7. The zero-order valence-electron chi connectivity index (χ0n) is 15.4. The summed E-state index contributed by atoms with van der Waals surface area (Å²) in [7, 11) is 0. The number of hydrogen-bond acceptors (Lipinski definition) is 4. The molecule has 1 aromatic heterocycles. The topological polar surface area (TPSA) is 64.0 Å². The number of thioether (sulfide) groups is 1. The molecule has 1 fully saturated rings. The first-order valence-electron chi connectivity index (χ1n) is 9.05. The maximum absolute atomic E-state index is 13.3. The fraction of sp³-hybridized carbons (Fsp3) is 0.286. The number of benzene rings is 2. The van der Waals surface area contributed by atoms with E-state index in [4.69, 9.17) is 4.98 Å². The first-order valence-corrected chi connectivity index (χ1v) is 10.0. The summed E-state index contributed by atoms with van der Waals surface area (Å²) in [6.45, 7) is 3.97. The van der Waals surface area contributed by atoms with Crippen LogP contribution in [0, 0.1) is 13.8 Å². The molecule has 0 radical (unpaired) electrons. The highest BCUT2D eigenvalue weighted by Gasteiger charge is 2.24. The van der Waals surface area contributed by atoms with Gasteiger partial charge in [-0.25, -0.2) is 4.98 Å². The van der Waals surface area contributed by atoms with Crippen LogP contribution in [-0.2, 0) is 4.79 Å².